The number of carbonyl (C=O) groups excluding carboxylic acids is 1. The van der Waals surface area contributed by atoms with Crippen molar-refractivity contribution in [2.75, 3.05) is 38.2 Å². The minimum absolute atomic E-state index is 0.182. The number of rotatable bonds is 9. The monoisotopic (exact) mass is 462 g/mol. The number of aromatic nitrogens is 3. The van der Waals surface area contributed by atoms with Gasteiger partial charge in [0.05, 0.1) is 19.2 Å². The Balaban J connectivity index is 1.35. The zero-order valence-electron chi connectivity index (χ0n) is 20.3. The Morgan fingerprint density at radius 2 is 1.79 bits per heavy atom. The summed E-state index contributed by atoms with van der Waals surface area (Å²) in [6.45, 7) is 10.3. The molecule has 8 nitrogen and oxygen atoms in total. The van der Waals surface area contributed by atoms with Gasteiger partial charge in [0, 0.05) is 51.4 Å². The van der Waals surface area contributed by atoms with Crippen LogP contribution in [0.15, 0.2) is 48.5 Å². The molecule has 0 bridgehead atoms. The molecule has 1 N–H and O–H groups in total. The third-order valence-corrected chi connectivity index (χ3v) is 6.43. The third kappa shape index (κ3) is 5.39. The highest BCUT2D eigenvalue weighted by molar-refractivity contribution is 5.96. The first-order valence-electron chi connectivity index (χ1n) is 12.0. The van der Waals surface area contributed by atoms with E-state index in [-0.39, 0.29) is 5.91 Å². The van der Waals surface area contributed by atoms with Gasteiger partial charge in [0.15, 0.2) is 5.82 Å². The van der Waals surface area contributed by atoms with E-state index in [2.05, 4.69) is 68.0 Å². The van der Waals surface area contributed by atoms with Gasteiger partial charge in [0.2, 0.25) is 0 Å². The van der Waals surface area contributed by atoms with Gasteiger partial charge in [0.25, 0.3) is 5.91 Å². The Bertz CT molecular complexity index is 1090. The predicted molar refractivity (Wildman–Crippen MR) is 133 cm³/mol. The predicted octanol–water partition coefficient (Wildman–Crippen LogP) is 3.12. The maximum absolute atomic E-state index is 12.7. The van der Waals surface area contributed by atoms with E-state index in [0.717, 1.165) is 57.3 Å². The highest BCUT2D eigenvalue weighted by Gasteiger charge is 2.20. The van der Waals surface area contributed by atoms with Crippen molar-refractivity contribution < 1.29 is 9.53 Å². The van der Waals surface area contributed by atoms with Gasteiger partial charge in [-0.2, -0.15) is 0 Å². The summed E-state index contributed by atoms with van der Waals surface area (Å²) in [6.07, 6.45) is 0.838. The number of nitrogens with one attached hydrogen (secondary N) is 1. The Hall–Kier alpha value is -3.39. The summed E-state index contributed by atoms with van der Waals surface area (Å²) in [5.41, 5.74) is 3.10. The zero-order chi connectivity index (χ0) is 23.9. The smallest absolute Gasteiger partial charge is 0.255 e. The van der Waals surface area contributed by atoms with Gasteiger partial charge in [-0.15, -0.1) is 10.2 Å². The lowest BCUT2D eigenvalue weighted by atomic mass is 10.1. The van der Waals surface area contributed by atoms with Crippen LogP contribution in [0.25, 0.3) is 0 Å². The first kappa shape index (κ1) is 23.8. The number of hydrogen-bond donors (Lipinski definition) is 1. The molecule has 0 atom stereocenters. The van der Waals surface area contributed by atoms with Crippen molar-refractivity contribution in [1.82, 2.24) is 25.0 Å². The lowest BCUT2D eigenvalue weighted by Gasteiger charge is -2.23. The molecule has 2 heterocycles. The molecular weight excluding hydrogens is 428 g/mol. The van der Waals surface area contributed by atoms with Crippen molar-refractivity contribution in [2.24, 2.45) is 0 Å². The Labute approximate surface area is 201 Å². The second-order valence-corrected chi connectivity index (χ2v) is 8.43. The van der Waals surface area contributed by atoms with Crippen molar-refractivity contribution in [1.29, 1.82) is 0 Å². The highest BCUT2D eigenvalue weighted by atomic mass is 16.5. The minimum atomic E-state index is -0.182. The van der Waals surface area contributed by atoms with Gasteiger partial charge in [-0.3, -0.25) is 9.69 Å². The van der Waals surface area contributed by atoms with Crippen LogP contribution in [0.4, 0.5) is 5.69 Å². The van der Waals surface area contributed by atoms with E-state index in [9.17, 15) is 4.79 Å². The molecule has 1 amide bonds. The molecule has 0 spiro atoms. The van der Waals surface area contributed by atoms with Crippen molar-refractivity contribution in [3.05, 3.63) is 71.3 Å². The highest BCUT2D eigenvalue weighted by Crippen LogP contribution is 2.19. The van der Waals surface area contributed by atoms with E-state index < -0.39 is 0 Å². The number of fused-ring (bicyclic) bond motifs is 1. The van der Waals surface area contributed by atoms with Crippen molar-refractivity contribution in [3.8, 4) is 5.75 Å². The normalized spacial score (nSPS) is 13.7. The van der Waals surface area contributed by atoms with Crippen molar-refractivity contribution in [2.45, 2.75) is 39.9 Å². The molecule has 180 valence electrons. The second kappa shape index (κ2) is 11.2. The van der Waals surface area contributed by atoms with Gasteiger partial charge in [-0.25, -0.2) is 0 Å². The fourth-order valence-electron chi connectivity index (χ4n) is 4.46. The molecule has 0 fully saturated rings. The third-order valence-electron chi connectivity index (χ3n) is 6.43. The van der Waals surface area contributed by atoms with Gasteiger partial charge >= 0.3 is 0 Å². The zero-order valence-corrected chi connectivity index (χ0v) is 20.3. The summed E-state index contributed by atoms with van der Waals surface area (Å²) in [5, 5.41) is 11.7. The lowest BCUT2D eigenvalue weighted by molar-refractivity contribution is 0.0946. The molecular formula is C26H34N6O2. The summed E-state index contributed by atoms with van der Waals surface area (Å²) < 4.78 is 7.44. The number of ether oxygens (including phenoxy) is 1. The van der Waals surface area contributed by atoms with Crippen LogP contribution in [0.1, 0.15) is 41.4 Å². The molecule has 34 heavy (non-hydrogen) atoms. The minimum Gasteiger partial charge on any atom is -0.496 e. The topological polar surface area (TPSA) is 75.5 Å². The van der Waals surface area contributed by atoms with Gasteiger partial charge < -0.3 is 19.5 Å². The second-order valence-electron chi connectivity index (χ2n) is 8.43. The maximum atomic E-state index is 12.7. The van der Waals surface area contributed by atoms with Crippen molar-refractivity contribution >= 4 is 11.6 Å². The SMILES string of the molecule is CCN(CC)c1ccc(CN2CCc3nnc(CNC(=O)c4ccccc4OC)n3CC2)cc1. The quantitative estimate of drug-likeness (QED) is 0.527. The number of para-hydroxylation sites is 1. The molecule has 0 unspecified atom stereocenters. The fourth-order valence-corrected chi connectivity index (χ4v) is 4.46. The van der Waals surface area contributed by atoms with Crippen LogP contribution in [0.5, 0.6) is 5.75 Å². The number of hydrogen-bond acceptors (Lipinski definition) is 6. The lowest BCUT2D eigenvalue weighted by Crippen LogP contribution is -2.28. The molecule has 0 radical (unpaired) electrons. The van der Waals surface area contributed by atoms with E-state index in [1.54, 1.807) is 19.2 Å². The molecule has 1 aliphatic heterocycles. The van der Waals surface area contributed by atoms with Gasteiger partial charge in [-0.1, -0.05) is 24.3 Å². The van der Waals surface area contributed by atoms with Gasteiger partial charge in [-0.05, 0) is 43.7 Å². The van der Waals surface area contributed by atoms with Crippen LogP contribution in [0.3, 0.4) is 0 Å². The Kier molecular flexibility index (Phi) is 7.80. The fraction of sp³-hybridized carbons (Fsp3) is 0.423. The van der Waals surface area contributed by atoms with Crippen LogP contribution >= 0.6 is 0 Å². The number of nitrogens with zero attached hydrogens (tertiary/aromatic N) is 5. The van der Waals surface area contributed by atoms with Crippen LogP contribution in [-0.4, -0.2) is 58.9 Å². The van der Waals surface area contributed by atoms with E-state index in [1.807, 2.05) is 12.1 Å². The molecule has 3 aromatic rings. The molecule has 1 aliphatic rings. The van der Waals surface area contributed by atoms with Crippen LogP contribution in [-0.2, 0) is 26.1 Å². The average molecular weight is 463 g/mol. The number of anilines is 1. The van der Waals surface area contributed by atoms with E-state index in [0.29, 0.717) is 17.9 Å². The number of carbonyl (C=O) groups is 1. The van der Waals surface area contributed by atoms with Crippen LogP contribution < -0.4 is 15.0 Å². The number of benzene rings is 2. The van der Waals surface area contributed by atoms with E-state index in [1.165, 1.54) is 11.3 Å². The largest absolute Gasteiger partial charge is 0.496 e. The first-order valence-corrected chi connectivity index (χ1v) is 12.0. The van der Waals surface area contributed by atoms with Gasteiger partial charge in [0.1, 0.15) is 11.6 Å². The summed E-state index contributed by atoms with van der Waals surface area (Å²) >= 11 is 0. The Morgan fingerprint density at radius 3 is 2.53 bits per heavy atom. The van der Waals surface area contributed by atoms with Crippen molar-refractivity contribution in [3.63, 3.8) is 0 Å². The number of methoxy groups -OCH3 is 1. The maximum Gasteiger partial charge on any atom is 0.255 e. The summed E-state index contributed by atoms with van der Waals surface area (Å²) in [6, 6.07) is 16.1. The molecule has 2 aromatic carbocycles. The van der Waals surface area contributed by atoms with Crippen LogP contribution in [0.2, 0.25) is 0 Å². The summed E-state index contributed by atoms with van der Waals surface area (Å²) in [7, 11) is 1.57. The summed E-state index contributed by atoms with van der Waals surface area (Å²) in [4.78, 5) is 17.5. The number of amides is 1. The standard InChI is InChI=1S/C26H34N6O2/c1-4-31(5-2)21-12-10-20(11-13-21)19-30-15-14-24-28-29-25(32(24)17-16-30)18-27-26(33)22-8-6-7-9-23(22)34-3/h6-13H,4-5,14-19H2,1-3H3,(H,27,33). The van der Waals surface area contributed by atoms with E-state index >= 15 is 0 Å². The molecule has 0 saturated heterocycles. The molecule has 0 saturated carbocycles. The molecule has 0 aliphatic carbocycles. The Morgan fingerprint density at radius 1 is 1.03 bits per heavy atom. The van der Waals surface area contributed by atoms with Crippen LogP contribution in [0, 0.1) is 0 Å². The average Bonchev–Trinajstić information content (AvgIpc) is 3.16. The summed E-state index contributed by atoms with van der Waals surface area (Å²) in [5.74, 6) is 2.13. The first-order chi connectivity index (χ1) is 16.6. The molecule has 8 heteroatoms. The molecule has 4 rings (SSSR count). The van der Waals surface area contributed by atoms with E-state index in [4.69, 9.17) is 4.74 Å². The molecule has 1 aromatic heterocycles.